The maximum absolute atomic E-state index is 12.3. The molecule has 0 radical (unpaired) electrons. The summed E-state index contributed by atoms with van der Waals surface area (Å²) in [6, 6.07) is 11.4. The normalized spacial score (nSPS) is 10.3. The molecular weight excluding hydrogens is 310 g/mol. The smallest absolute Gasteiger partial charge is 0.362 e. The summed E-state index contributed by atoms with van der Waals surface area (Å²) < 4.78 is 15.8. The average Bonchev–Trinajstić information content (AvgIpc) is 2.56. The van der Waals surface area contributed by atoms with Crippen molar-refractivity contribution in [1.82, 2.24) is 4.98 Å². The third-order valence-corrected chi connectivity index (χ3v) is 2.86. The first-order valence-corrected chi connectivity index (χ1v) is 7.63. The van der Waals surface area contributed by atoms with Crippen molar-refractivity contribution in [3.05, 3.63) is 53.9 Å². The standard InChI is InChI=1S/C18H19NO5/c1-4-22-17(20)13-8-7-9-14(19-13)18(21)24-16-11-6-5-10-15(16)23-12(2)3/h5-12H,4H2,1-3H3. The fraction of sp³-hybridized carbons (Fsp3) is 0.278. The number of hydrogen-bond acceptors (Lipinski definition) is 6. The molecule has 2 rings (SSSR count). The number of carbonyl (C=O) groups excluding carboxylic acids is 2. The summed E-state index contributed by atoms with van der Waals surface area (Å²) in [6.45, 7) is 5.68. The van der Waals surface area contributed by atoms with Gasteiger partial charge in [-0.05, 0) is 45.0 Å². The highest BCUT2D eigenvalue weighted by Gasteiger charge is 2.17. The van der Waals surface area contributed by atoms with Crippen LogP contribution >= 0.6 is 0 Å². The van der Waals surface area contributed by atoms with E-state index in [1.807, 2.05) is 13.8 Å². The van der Waals surface area contributed by atoms with E-state index in [4.69, 9.17) is 14.2 Å². The third-order valence-electron chi connectivity index (χ3n) is 2.86. The molecule has 0 saturated carbocycles. The number of pyridine rings is 1. The molecule has 2 aromatic rings. The van der Waals surface area contributed by atoms with E-state index in [9.17, 15) is 9.59 Å². The van der Waals surface area contributed by atoms with Crippen molar-refractivity contribution in [2.24, 2.45) is 0 Å². The second kappa shape index (κ2) is 8.10. The number of aromatic nitrogens is 1. The van der Waals surface area contributed by atoms with Gasteiger partial charge in [0.25, 0.3) is 0 Å². The lowest BCUT2D eigenvalue weighted by atomic mass is 10.3. The summed E-state index contributed by atoms with van der Waals surface area (Å²) in [7, 11) is 0. The van der Waals surface area contributed by atoms with E-state index in [1.54, 1.807) is 37.3 Å². The fourth-order valence-corrected chi connectivity index (χ4v) is 1.91. The number of nitrogens with zero attached hydrogens (tertiary/aromatic N) is 1. The van der Waals surface area contributed by atoms with Gasteiger partial charge in [0.1, 0.15) is 11.4 Å². The molecule has 0 saturated heterocycles. The highest BCUT2D eigenvalue weighted by molar-refractivity contribution is 5.92. The van der Waals surface area contributed by atoms with Crippen LogP contribution in [0.5, 0.6) is 11.5 Å². The molecule has 0 aliphatic heterocycles. The predicted molar refractivity (Wildman–Crippen MR) is 87.4 cm³/mol. The number of benzene rings is 1. The molecule has 1 aromatic heterocycles. The zero-order chi connectivity index (χ0) is 17.5. The van der Waals surface area contributed by atoms with E-state index in [2.05, 4.69) is 4.98 Å². The Morgan fingerprint density at radius 2 is 1.58 bits per heavy atom. The number of rotatable bonds is 6. The first-order chi connectivity index (χ1) is 11.5. The first kappa shape index (κ1) is 17.5. The highest BCUT2D eigenvalue weighted by Crippen LogP contribution is 2.28. The molecule has 126 valence electrons. The minimum atomic E-state index is -0.680. The fourth-order valence-electron chi connectivity index (χ4n) is 1.91. The van der Waals surface area contributed by atoms with Crippen LogP contribution in [0.25, 0.3) is 0 Å². The maximum atomic E-state index is 12.3. The van der Waals surface area contributed by atoms with Gasteiger partial charge >= 0.3 is 11.9 Å². The molecule has 0 unspecified atom stereocenters. The van der Waals surface area contributed by atoms with Gasteiger partial charge in [0.15, 0.2) is 11.5 Å². The Balaban J connectivity index is 2.19. The largest absolute Gasteiger partial charge is 0.487 e. The van der Waals surface area contributed by atoms with Crippen molar-refractivity contribution in [1.29, 1.82) is 0 Å². The monoisotopic (exact) mass is 329 g/mol. The molecule has 0 fully saturated rings. The molecule has 0 amide bonds. The zero-order valence-corrected chi connectivity index (χ0v) is 13.8. The van der Waals surface area contributed by atoms with Crippen molar-refractivity contribution < 1.29 is 23.8 Å². The van der Waals surface area contributed by atoms with Gasteiger partial charge in [0, 0.05) is 0 Å². The SMILES string of the molecule is CCOC(=O)c1cccc(C(=O)Oc2ccccc2OC(C)C)n1. The van der Waals surface area contributed by atoms with E-state index >= 15 is 0 Å². The minimum Gasteiger partial charge on any atom is -0.487 e. The van der Waals surface area contributed by atoms with Crippen LogP contribution < -0.4 is 9.47 Å². The summed E-state index contributed by atoms with van der Waals surface area (Å²) in [6.07, 6.45) is -0.0601. The molecule has 6 heteroatoms. The van der Waals surface area contributed by atoms with Crippen LogP contribution in [0.15, 0.2) is 42.5 Å². The Morgan fingerprint density at radius 1 is 0.958 bits per heavy atom. The van der Waals surface area contributed by atoms with Gasteiger partial charge in [-0.3, -0.25) is 0 Å². The van der Waals surface area contributed by atoms with Gasteiger partial charge in [0.05, 0.1) is 12.7 Å². The number of ether oxygens (including phenoxy) is 3. The Bertz CT molecular complexity index is 727. The van der Waals surface area contributed by atoms with Crippen LogP contribution in [0.1, 0.15) is 41.7 Å². The molecule has 0 aliphatic rings. The van der Waals surface area contributed by atoms with Crippen molar-refractivity contribution in [2.75, 3.05) is 6.61 Å². The van der Waals surface area contributed by atoms with Crippen molar-refractivity contribution >= 4 is 11.9 Å². The first-order valence-electron chi connectivity index (χ1n) is 7.63. The van der Waals surface area contributed by atoms with Crippen LogP contribution in [-0.2, 0) is 4.74 Å². The minimum absolute atomic E-state index is 0.0138. The van der Waals surface area contributed by atoms with Crippen LogP contribution in [0, 0.1) is 0 Å². The van der Waals surface area contributed by atoms with Gasteiger partial charge in [-0.25, -0.2) is 14.6 Å². The van der Waals surface area contributed by atoms with Crippen LogP contribution in [0.2, 0.25) is 0 Å². The summed E-state index contributed by atoms with van der Waals surface area (Å²) in [5.41, 5.74) is 0.0675. The second-order valence-corrected chi connectivity index (χ2v) is 5.13. The van der Waals surface area contributed by atoms with E-state index in [0.717, 1.165) is 0 Å². The molecule has 24 heavy (non-hydrogen) atoms. The topological polar surface area (TPSA) is 74.7 Å². The summed E-state index contributed by atoms with van der Waals surface area (Å²) in [4.78, 5) is 28.0. The molecule has 0 spiro atoms. The summed E-state index contributed by atoms with van der Waals surface area (Å²) in [5, 5.41) is 0. The van der Waals surface area contributed by atoms with Gasteiger partial charge in [-0.15, -0.1) is 0 Å². The van der Waals surface area contributed by atoms with Crippen molar-refractivity contribution in [3.8, 4) is 11.5 Å². The number of hydrogen-bond donors (Lipinski definition) is 0. The van der Waals surface area contributed by atoms with E-state index in [0.29, 0.717) is 11.5 Å². The third kappa shape index (κ3) is 4.55. The van der Waals surface area contributed by atoms with Crippen LogP contribution in [0.3, 0.4) is 0 Å². The number of para-hydroxylation sites is 2. The van der Waals surface area contributed by atoms with Crippen LogP contribution in [0.4, 0.5) is 0 Å². The molecule has 1 aromatic carbocycles. The van der Waals surface area contributed by atoms with Gasteiger partial charge in [-0.2, -0.15) is 0 Å². The Kier molecular flexibility index (Phi) is 5.89. The second-order valence-electron chi connectivity index (χ2n) is 5.13. The molecule has 1 heterocycles. The van der Waals surface area contributed by atoms with E-state index < -0.39 is 11.9 Å². The zero-order valence-electron chi connectivity index (χ0n) is 13.8. The molecule has 0 atom stereocenters. The molecule has 6 nitrogen and oxygen atoms in total. The predicted octanol–water partition coefficient (Wildman–Crippen LogP) is 3.26. The van der Waals surface area contributed by atoms with Crippen molar-refractivity contribution in [3.63, 3.8) is 0 Å². The average molecular weight is 329 g/mol. The number of esters is 2. The molecule has 0 bridgehead atoms. The van der Waals surface area contributed by atoms with E-state index in [-0.39, 0.29) is 24.1 Å². The lowest BCUT2D eigenvalue weighted by molar-refractivity contribution is 0.0519. The molecule has 0 aliphatic carbocycles. The summed E-state index contributed by atoms with van der Waals surface area (Å²) >= 11 is 0. The Hall–Kier alpha value is -2.89. The molecule has 0 N–H and O–H groups in total. The maximum Gasteiger partial charge on any atom is 0.362 e. The molecular formula is C18H19NO5. The van der Waals surface area contributed by atoms with Gasteiger partial charge in [-0.1, -0.05) is 18.2 Å². The van der Waals surface area contributed by atoms with Gasteiger partial charge < -0.3 is 14.2 Å². The highest BCUT2D eigenvalue weighted by atomic mass is 16.6. The summed E-state index contributed by atoms with van der Waals surface area (Å²) in [5.74, 6) is -0.515. The lowest BCUT2D eigenvalue weighted by Gasteiger charge is -2.13. The van der Waals surface area contributed by atoms with Crippen LogP contribution in [-0.4, -0.2) is 29.6 Å². The Labute approximate surface area is 140 Å². The lowest BCUT2D eigenvalue weighted by Crippen LogP contribution is -2.15. The van der Waals surface area contributed by atoms with E-state index in [1.165, 1.54) is 12.1 Å². The number of carbonyl (C=O) groups is 2. The van der Waals surface area contributed by atoms with Gasteiger partial charge in [0.2, 0.25) is 0 Å². The quantitative estimate of drug-likeness (QED) is 0.598. The van der Waals surface area contributed by atoms with Crippen molar-refractivity contribution in [2.45, 2.75) is 26.9 Å². The Morgan fingerprint density at radius 3 is 2.21 bits per heavy atom.